The Kier molecular flexibility index (Phi) is 4.48. The Hall–Kier alpha value is -1.06. The van der Waals surface area contributed by atoms with E-state index in [1.54, 1.807) is 0 Å². The normalized spacial score (nSPS) is 23.4. The van der Waals surface area contributed by atoms with Crippen molar-refractivity contribution in [3.8, 4) is 0 Å². The lowest BCUT2D eigenvalue weighted by Gasteiger charge is -2.24. The molecule has 1 aromatic carbocycles. The topological polar surface area (TPSA) is 32.5 Å². The van der Waals surface area contributed by atoms with E-state index in [-0.39, 0.29) is 0 Å². The highest BCUT2D eigenvalue weighted by atomic mass is 15.2. The fourth-order valence-electron chi connectivity index (χ4n) is 3.20. The zero-order valence-electron chi connectivity index (χ0n) is 12.7. The van der Waals surface area contributed by atoms with Crippen LogP contribution in [0.2, 0.25) is 0 Å². The molecular weight excluding hydrogens is 234 g/mol. The van der Waals surface area contributed by atoms with Crippen molar-refractivity contribution in [2.75, 3.05) is 38.6 Å². The van der Waals surface area contributed by atoms with Gasteiger partial charge >= 0.3 is 0 Å². The van der Waals surface area contributed by atoms with Crippen LogP contribution >= 0.6 is 0 Å². The van der Waals surface area contributed by atoms with Gasteiger partial charge in [-0.15, -0.1) is 0 Å². The summed E-state index contributed by atoms with van der Waals surface area (Å²) in [6.07, 6.45) is 0.967. The Balaban J connectivity index is 2.23. The largest absolute Gasteiger partial charge is 0.369 e. The second kappa shape index (κ2) is 5.93. The first-order valence-corrected chi connectivity index (χ1v) is 7.24. The fourth-order valence-corrected chi connectivity index (χ4v) is 3.20. The molecule has 106 valence electrons. The lowest BCUT2D eigenvalue weighted by atomic mass is 10.1. The third kappa shape index (κ3) is 3.10. The van der Waals surface area contributed by atoms with E-state index in [4.69, 9.17) is 5.73 Å². The second-order valence-corrected chi connectivity index (χ2v) is 6.08. The van der Waals surface area contributed by atoms with Gasteiger partial charge in [-0.1, -0.05) is 24.6 Å². The van der Waals surface area contributed by atoms with Gasteiger partial charge in [-0.05, 0) is 51.5 Å². The van der Waals surface area contributed by atoms with Gasteiger partial charge in [0.25, 0.3) is 0 Å². The Morgan fingerprint density at radius 3 is 2.63 bits per heavy atom. The SMILES string of the molecule is Cc1ccc(N2CC(C)C(N(C)C)C2)c(CCN)c1. The summed E-state index contributed by atoms with van der Waals surface area (Å²) < 4.78 is 0. The van der Waals surface area contributed by atoms with Crippen molar-refractivity contribution in [3.05, 3.63) is 29.3 Å². The number of nitrogens with two attached hydrogens (primary N) is 1. The molecule has 2 rings (SSSR count). The highest BCUT2D eigenvalue weighted by Crippen LogP contribution is 2.29. The molecule has 2 N–H and O–H groups in total. The molecule has 1 fully saturated rings. The third-order valence-electron chi connectivity index (χ3n) is 4.23. The first-order chi connectivity index (χ1) is 9.02. The maximum Gasteiger partial charge on any atom is 0.0400 e. The van der Waals surface area contributed by atoms with Crippen LogP contribution < -0.4 is 10.6 Å². The van der Waals surface area contributed by atoms with Gasteiger partial charge in [0.05, 0.1) is 0 Å². The Morgan fingerprint density at radius 1 is 1.32 bits per heavy atom. The van der Waals surface area contributed by atoms with Crippen molar-refractivity contribution in [3.63, 3.8) is 0 Å². The van der Waals surface area contributed by atoms with Crippen LogP contribution in [-0.2, 0) is 6.42 Å². The lowest BCUT2D eigenvalue weighted by molar-refractivity contribution is 0.266. The van der Waals surface area contributed by atoms with Gasteiger partial charge in [0, 0.05) is 24.8 Å². The summed E-state index contributed by atoms with van der Waals surface area (Å²) in [6, 6.07) is 7.41. The van der Waals surface area contributed by atoms with Gasteiger partial charge in [0.2, 0.25) is 0 Å². The maximum atomic E-state index is 5.75. The second-order valence-electron chi connectivity index (χ2n) is 6.08. The van der Waals surface area contributed by atoms with E-state index >= 15 is 0 Å². The zero-order chi connectivity index (χ0) is 14.0. The summed E-state index contributed by atoms with van der Waals surface area (Å²) in [6.45, 7) is 7.48. The Labute approximate surface area is 117 Å². The molecule has 1 aromatic rings. The van der Waals surface area contributed by atoms with Crippen LogP contribution in [0.3, 0.4) is 0 Å². The first kappa shape index (κ1) is 14.4. The number of nitrogens with zero attached hydrogens (tertiary/aromatic N) is 2. The van der Waals surface area contributed by atoms with Crippen molar-refractivity contribution < 1.29 is 0 Å². The van der Waals surface area contributed by atoms with Gasteiger partial charge in [-0.25, -0.2) is 0 Å². The number of aryl methyl sites for hydroxylation is 1. The van der Waals surface area contributed by atoms with E-state index in [0.29, 0.717) is 12.0 Å². The average molecular weight is 261 g/mol. The average Bonchev–Trinajstić information content (AvgIpc) is 2.72. The molecule has 3 nitrogen and oxygen atoms in total. The van der Waals surface area contributed by atoms with E-state index in [9.17, 15) is 0 Å². The number of rotatable bonds is 4. The molecular formula is C16H27N3. The van der Waals surface area contributed by atoms with Crippen LogP contribution in [-0.4, -0.2) is 44.7 Å². The molecule has 1 saturated heterocycles. The Morgan fingerprint density at radius 2 is 2.05 bits per heavy atom. The number of anilines is 1. The molecule has 2 unspecified atom stereocenters. The van der Waals surface area contributed by atoms with Crippen molar-refractivity contribution in [1.82, 2.24) is 4.90 Å². The number of benzene rings is 1. The van der Waals surface area contributed by atoms with Crippen LogP contribution in [0.25, 0.3) is 0 Å². The van der Waals surface area contributed by atoms with Crippen LogP contribution in [0, 0.1) is 12.8 Å². The smallest absolute Gasteiger partial charge is 0.0400 e. The van der Waals surface area contributed by atoms with Crippen LogP contribution in [0.4, 0.5) is 5.69 Å². The molecule has 2 atom stereocenters. The molecule has 1 heterocycles. The summed E-state index contributed by atoms with van der Waals surface area (Å²) >= 11 is 0. The fraction of sp³-hybridized carbons (Fsp3) is 0.625. The molecule has 19 heavy (non-hydrogen) atoms. The minimum Gasteiger partial charge on any atom is -0.369 e. The quantitative estimate of drug-likeness (QED) is 0.898. The lowest BCUT2D eigenvalue weighted by Crippen LogP contribution is -2.34. The Bertz CT molecular complexity index is 428. The number of hydrogen-bond acceptors (Lipinski definition) is 3. The molecule has 0 saturated carbocycles. The molecule has 0 aliphatic carbocycles. The standard InChI is InChI=1S/C16H27N3/c1-12-5-6-15(14(9-12)7-8-17)19-10-13(2)16(11-19)18(3)4/h5-6,9,13,16H,7-8,10-11,17H2,1-4H3. The predicted molar refractivity (Wildman–Crippen MR) is 82.8 cm³/mol. The van der Waals surface area contributed by atoms with E-state index in [0.717, 1.165) is 26.1 Å². The van der Waals surface area contributed by atoms with E-state index < -0.39 is 0 Å². The summed E-state index contributed by atoms with van der Waals surface area (Å²) in [4.78, 5) is 4.88. The molecule has 3 heteroatoms. The molecule has 1 aliphatic rings. The van der Waals surface area contributed by atoms with Gasteiger partial charge in [0.15, 0.2) is 0 Å². The van der Waals surface area contributed by atoms with Crippen molar-refractivity contribution in [1.29, 1.82) is 0 Å². The van der Waals surface area contributed by atoms with E-state index in [1.165, 1.54) is 16.8 Å². The summed E-state index contributed by atoms with van der Waals surface area (Å²) in [5.41, 5.74) is 9.86. The van der Waals surface area contributed by atoms with Crippen LogP contribution in [0.15, 0.2) is 18.2 Å². The van der Waals surface area contributed by atoms with Crippen molar-refractivity contribution >= 4 is 5.69 Å². The summed E-state index contributed by atoms with van der Waals surface area (Å²) in [7, 11) is 4.36. The van der Waals surface area contributed by atoms with Crippen LogP contribution in [0.1, 0.15) is 18.1 Å². The van der Waals surface area contributed by atoms with E-state index in [1.807, 2.05) is 0 Å². The van der Waals surface area contributed by atoms with Crippen molar-refractivity contribution in [2.24, 2.45) is 11.7 Å². The summed E-state index contributed by atoms with van der Waals surface area (Å²) in [5, 5.41) is 0. The highest BCUT2D eigenvalue weighted by molar-refractivity contribution is 5.56. The van der Waals surface area contributed by atoms with Gasteiger partial charge < -0.3 is 15.5 Å². The van der Waals surface area contributed by atoms with Crippen molar-refractivity contribution in [2.45, 2.75) is 26.3 Å². The highest BCUT2D eigenvalue weighted by Gasteiger charge is 2.31. The van der Waals surface area contributed by atoms with Gasteiger partial charge in [-0.3, -0.25) is 0 Å². The minimum atomic E-state index is 0.645. The van der Waals surface area contributed by atoms with Crippen LogP contribution in [0.5, 0.6) is 0 Å². The molecule has 0 aromatic heterocycles. The number of likely N-dealkylation sites (N-methyl/N-ethyl adjacent to an activating group) is 1. The molecule has 0 spiro atoms. The van der Waals surface area contributed by atoms with Gasteiger partial charge in [0.1, 0.15) is 0 Å². The zero-order valence-corrected chi connectivity index (χ0v) is 12.7. The first-order valence-electron chi connectivity index (χ1n) is 7.24. The monoisotopic (exact) mass is 261 g/mol. The molecule has 1 aliphatic heterocycles. The minimum absolute atomic E-state index is 0.645. The van der Waals surface area contributed by atoms with E-state index in [2.05, 4.69) is 55.9 Å². The summed E-state index contributed by atoms with van der Waals surface area (Å²) in [5.74, 6) is 0.710. The van der Waals surface area contributed by atoms with Gasteiger partial charge in [-0.2, -0.15) is 0 Å². The number of hydrogen-bond donors (Lipinski definition) is 1. The molecule has 0 bridgehead atoms. The maximum absolute atomic E-state index is 5.75. The molecule has 0 radical (unpaired) electrons. The third-order valence-corrected chi connectivity index (χ3v) is 4.23. The molecule has 0 amide bonds. The predicted octanol–water partition coefficient (Wildman–Crippen LogP) is 1.88.